The van der Waals surface area contributed by atoms with Crippen LogP contribution in [0.15, 0.2) is 47.1 Å². The molecule has 1 aromatic carbocycles. The summed E-state index contributed by atoms with van der Waals surface area (Å²) < 4.78 is 18.0. The molecular weight excluding hydrogens is 273 g/mol. The molecule has 1 unspecified atom stereocenters. The van der Waals surface area contributed by atoms with Crippen molar-refractivity contribution < 1.29 is 18.7 Å². The van der Waals surface area contributed by atoms with Crippen LogP contribution in [0.1, 0.15) is 35.1 Å². The lowest BCUT2D eigenvalue weighted by atomic mass is 10.1. The zero-order chi connectivity index (χ0) is 14.8. The lowest BCUT2D eigenvalue weighted by Gasteiger charge is -2.24. The number of benzene rings is 1. The van der Waals surface area contributed by atoms with Crippen molar-refractivity contribution in [3.63, 3.8) is 0 Å². The second-order valence-corrected chi connectivity index (χ2v) is 5.23. The highest BCUT2D eigenvalue weighted by atomic mass is 19.1. The van der Waals surface area contributed by atoms with E-state index in [9.17, 15) is 14.3 Å². The topological polar surface area (TPSA) is 53.7 Å². The second-order valence-electron chi connectivity index (χ2n) is 5.23. The van der Waals surface area contributed by atoms with Crippen molar-refractivity contribution in [2.45, 2.75) is 25.0 Å². The Kier molecular flexibility index (Phi) is 3.75. The van der Waals surface area contributed by atoms with Crippen molar-refractivity contribution in [1.29, 1.82) is 0 Å². The monoisotopic (exact) mass is 289 g/mol. The highest BCUT2D eigenvalue weighted by Gasteiger charge is 2.35. The summed E-state index contributed by atoms with van der Waals surface area (Å²) in [5.74, 6) is -0.298. The normalized spacial score (nSPS) is 15.7. The van der Waals surface area contributed by atoms with Gasteiger partial charge in [0.25, 0.3) is 5.91 Å². The van der Waals surface area contributed by atoms with Gasteiger partial charge in [0, 0.05) is 6.04 Å². The van der Waals surface area contributed by atoms with Crippen LogP contribution >= 0.6 is 0 Å². The molecule has 1 aliphatic rings. The van der Waals surface area contributed by atoms with Crippen molar-refractivity contribution in [1.82, 2.24) is 4.90 Å². The largest absolute Gasteiger partial charge is 0.459 e. The highest BCUT2D eigenvalue weighted by molar-refractivity contribution is 5.91. The van der Waals surface area contributed by atoms with Crippen LogP contribution in [0.2, 0.25) is 0 Å². The molecule has 3 rings (SSSR count). The maximum absolute atomic E-state index is 12.9. The van der Waals surface area contributed by atoms with E-state index in [1.807, 2.05) is 0 Å². The number of furan rings is 1. The number of hydrogen-bond donors (Lipinski definition) is 1. The molecule has 0 radical (unpaired) electrons. The summed E-state index contributed by atoms with van der Waals surface area (Å²) in [5.41, 5.74) is 0.592. The van der Waals surface area contributed by atoms with Gasteiger partial charge in [-0.3, -0.25) is 4.79 Å². The van der Waals surface area contributed by atoms with Crippen LogP contribution in [0, 0.1) is 5.82 Å². The molecule has 0 bridgehead atoms. The minimum atomic E-state index is -0.842. The molecule has 110 valence electrons. The fourth-order valence-corrected chi connectivity index (χ4v) is 2.30. The van der Waals surface area contributed by atoms with Gasteiger partial charge in [0.1, 0.15) is 5.82 Å². The predicted octanol–water partition coefficient (Wildman–Crippen LogP) is 2.76. The van der Waals surface area contributed by atoms with Crippen molar-refractivity contribution in [2.24, 2.45) is 0 Å². The zero-order valence-corrected chi connectivity index (χ0v) is 11.4. The molecule has 1 aromatic heterocycles. The van der Waals surface area contributed by atoms with Crippen LogP contribution in [-0.2, 0) is 0 Å². The van der Waals surface area contributed by atoms with E-state index in [0.717, 1.165) is 12.8 Å². The zero-order valence-electron chi connectivity index (χ0n) is 11.4. The Balaban J connectivity index is 1.73. The number of aliphatic hydroxyl groups excluding tert-OH is 1. The first-order chi connectivity index (χ1) is 10.1. The van der Waals surface area contributed by atoms with E-state index in [-0.39, 0.29) is 30.1 Å². The van der Waals surface area contributed by atoms with E-state index < -0.39 is 6.10 Å². The summed E-state index contributed by atoms with van der Waals surface area (Å²) in [5, 5.41) is 10.3. The fraction of sp³-hybridized carbons (Fsp3) is 0.312. The molecule has 0 saturated heterocycles. The third-order valence-electron chi connectivity index (χ3n) is 3.60. The molecule has 1 saturated carbocycles. The Hall–Kier alpha value is -2.14. The van der Waals surface area contributed by atoms with Crippen LogP contribution in [0.25, 0.3) is 0 Å². The van der Waals surface area contributed by atoms with Crippen LogP contribution in [0.4, 0.5) is 4.39 Å². The summed E-state index contributed by atoms with van der Waals surface area (Å²) in [4.78, 5) is 14.0. The maximum Gasteiger partial charge on any atom is 0.289 e. The van der Waals surface area contributed by atoms with E-state index in [1.54, 1.807) is 17.0 Å². The van der Waals surface area contributed by atoms with Crippen LogP contribution in [0.5, 0.6) is 0 Å². The molecule has 0 aliphatic heterocycles. The number of amides is 1. The molecule has 1 N–H and O–H groups in total. The quantitative estimate of drug-likeness (QED) is 0.921. The van der Waals surface area contributed by atoms with Crippen molar-refractivity contribution in [2.75, 3.05) is 6.54 Å². The Bertz CT molecular complexity index is 605. The van der Waals surface area contributed by atoms with Gasteiger partial charge in [0.2, 0.25) is 0 Å². The van der Waals surface area contributed by atoms with Crippen LogP contribution in [-0.4, -0.2) is 28.5 Å². The van der Waals surface area contributed by atoms with Gasteiger partial charge in [-0.05, 0) is 42.7 Å². The molecule has 1 aliphatic carbocycles. The van der Waals surface area contributed by atoms with E-state index in [1.165, 1.54) is 30.5 Å². The molecule has 21 heavy (non-hydrogen) atoms. The first-order valence-corrected chi connectivity index (χ1v) is 6.93. The number of rotatable bonds is 5. The van der Waals surface area contributed by atoms with Gasteiger partial charge < -0.3 is 14.4 Å². The number of hydrogen-bond acceptors (Lipinski definition) is 3. The minimum absolute atomic E-state index is 0.151. The first kappa shape index (κ1) is 13.8. The van der Waals surface area contributed by atoms with Gasteiger partial charge in [-0.25, -0.2) is 4.39 Å². The lowest BCUT2D eigenvalue weighted by Crippen LogP contribution is -2.36. The van der Waals surface area contributed by atoms with Gasteiger partial charge in [0.05, 0.1) is 18.9 Å². The second kappa shape index (κ2) is 5.69. The summed E-state index contributed by atoms with van der Waals surface area (Å²) >= 11 is 0. The Labute approximate surface area is 121 Å². The summed E-state index contributed by atoms with van der Waals surface area (Å²) in [6.07, 6.45) is 2.48. The number of nitrogens with zero attached hydrogens (tertiary/aromatic N) is 1. The van der Waals surface area contributed by atoms with E-state index >= 15 is 0 Å². The number of halogens is 1. The molecule has 1 fully saturated rings. The molecule has 4 nitrogen and oxygen atoms in total. The van der Waals surface area contributed by atoms with Crippen LogP contribution in [0.3, 0.4) is 0 Å². The van der Waals surface area contributed by atoms with Crippen molar-refractivity contribution in [3.8, 4) is 0 Å². The van der Waals surface area contributed by atoms with Gasteiger partial charge in [0.15, 0.2) is 5.76 Å². The minimum Gasteiger partial charge on any atom is -0.459 e. The fourth-order valence-electron chi connectivity index (χ4n) is 2.30. The van der Waals surface area contributed by atoms with Crippen molar-refractivity contribution >= 4 is 5.91 Å². The maximum atomic E-state index is 12.9. The highest BCUT2D eigenvalue weighted by Crippen LogP contribution is 2.30. The summed E-state index contributed by atoms with van der Waals surface area (Å²) in [7, 11) is 0. The van der Waals surface area contributed by atoms with Crippen molar-refractivity contribution in [3.05, 3.63) is 59.8 Å². The number of carbonyl (C=O) groups is 1. The molecule has 5 heteroatoms. The third kappa shape index (κ3) is 3.13. The van der Waals surface area contributed by atoms with Gasteiger partial charge in [-0.15, -0.1) is 0 Å². The first-order valence-electron chi connectivity index (χ1n) is 6.93. The van der Waals surface area contributed by atoms with E-state index in [0.29, 0.717) is 5.56 Å². The average molecular weight is 289 g/mol. The van der Waals surface area contributed by atoms with Gasteiger partial charge in [-0.2, -0.15) is 0 Å². The molecule has 2 aromatic rings. The molecule has 1 atom stereocenters. The SMILES string of the molecule is O=C(c1ccco1)N(CC(O)c1ccc(F)cc1)C1CC1. The van der Waals surface area contributed by atoms with Gasteiger partial charge >= 0.3 is 0 Å². The summed E-state index contributed by atoms with van der Waals surface area (Å²) in [6, 6.07) is 9.09. The molecule has 1 heterocycles. The third-order valence-corrected chi connectivity index (χ3v) is 3.60. The van der Waals surface area contributed by atoms with E-state index in [4.69, 9.17) is 4.42 Å². The Morgan fingerprint density at radius 2 is 2.05 bits per heavy atom. The van der Waals surface area contributed by atoms with Crippen LogP contribution < -0.4 is 0 Å². The summed E-state index contributed by atoms with van der Waals surface area (Å²) in [6.45, 7) is 0.176. The molecule has 0 spiro atoms. The van der Waals surface area contributed by atoms with Gasteiger partial charge in [-0.1, -0.05) is 12.1 Å². The number of carbonyl (C=O) groups excluding carboxylic acids is 1. The average Bonchev–Trinajstić information content (AvgIpc) is 3.18. The standard InChI is InChI=1S/C16H16FNO3/c17-12-5-3-11(4-6-12)14(19)10-18(13-7-8-13)16(20)15-2-1-9-21-15/h1-6,9,13-14,19H,7-8,10H2. The Morgan fingerprint density at radius 1 is 1.33 bits per heavy atom. The Morgan fingerprint density at radius 3 is 2.62 bits per heavy atom. The lowest BCUT2D eigenvalue weighted by molar-refractivity contribution is 0.0574. The van der Waals surface area contributed by atoms with E-state index in [2.05, 4.69) is 0 Å². The molecular formula is C16H16FNO3. The molecule has 1 amide bonds. The number of aliphatic hydroxyl groups is 1. The predicted molar refractivity (Wildman–Crippen MR) is 74.1 cm³/mol. The smallest absolute Gasteiger partial charge is 0.289 e.